The van der Waals surface area contributed by atoms with Gasteiger partial charge in [-0.3, -0.25) is 4.79 Å². The summed E-state index contributed by atoms with van der Waals surface area (Å²) in [5, 5.41) is 0. The number of rotatable bonds is 8. The molecule has 0 saturated carbocycles. The maximum atomic E-state index is 12.8. The van der Waals surface area contributed by atoms with Crippen molar-refractivity contribution in [1.29, 1.82) is 0 Å². The van der Waals surface area contributed by atoms with Crippen LogP contribution in [0.3, 0.4) is 0 Å². The summed E-state index contributed by atoms with van der Waals surface area (Å²) in [5.74, 6) is 2.48. The molecule has 2 aromatic rings. The zero-order valence-electron chi connectivity index (χ0n) is 18.3. The topological polar surface area (TPSA) is 55.7 Å². The van der Waals surface area contributed by atoms with Crippen LogP contribution in [0.25, 0.3) is 0 Å². The zero-order chi connectivity index (χ0) is 21.5. The van der Waals surface area contributed by atoms with E-state index in [1.54, 1.807) is 21.3 Å². The van der Waals surface area contributed by atoms with E-state index in [4.69, 9.17) is 14.2 Å². The first-order valence-electron chi connectivity index (χ1n) is 10.2. The average molecular weight is 415 g/mol. The Morgan fingerprint density at radius 2 is 1.57 bits per heavy atom. The summed E-state index contributed by atoms with van der Waals surface area (Å²) in [6.45, 7) is 4.26. The number of nitrogens with zero attached hydrogens (tertiary/aromatic N) is 2. The summed E-state index contributed by atoms with van der Waals surface area (Å²) >= 11 is 0. The van der Waals surface area contributed by atoms with Gasteiger partial charge in [0.1, 0.15) is 12.3 Å². The number of anilines is 1. The van der Waals surface area contributed by atoms with E-state index in [2.05, 4.69) is 11.0 Å². The Hall–Kier alpha value is -2.93. The van der Waals surface area contributed by atoms with Crippen LogP contribution in [0.4, 0.5) is 5.69 Å². The van der Waals surface area contributed by atoms with Crippen LogP contribution in [0.5, 0.6) is 17.2 Å². The average Bonchev–Trinajstić information content (AvgIpc) is 2.78. The molecular weight excluding hydrogens is 382 g/mol. The van der Waals surface area contributed by atoms with Crippen LogP contribution in [0, 0.1) is 0 Å². The molecule has 0 bridgehead atoms. The van der Waals surface area contributed by atoms with E-state index in [0.717, 1.165) is 54.6 Å². The monoisotopic (exact) mass is 414 g/mol. The predicted molar refractivity (Wildman–Crippen MR) is 117 cm³/mol. The third-order valence-electron chi connectivity index (χ3n) is 5.47. The minimum absolute atomic E-state index is 0.188. The predicted octanol–water partition coefficient (Wildman–Crippen LogP) is 1.08. The number of hydrogen-bond donors (Lipinski definition) is 1. The van der Waals surface area contributed by atoms with Gasteiger partial charge in [0, 0.05) is 31.7 Å². The van der Waals surface area contributed by atoms with Crippen molar-refractivity contribution in [3.63, 3.8) is 0 Å². The van der Waals surface area contributed by atoms with E-state index >= 15 is 0 Å². The first kappa shape index (κ1) is 21.8. The molecule has 3 rings (SSSR count). The Morgan fingerprint density at radius 3 is 2.23 bits per heavy atom. The van der Waals surface area contributed by atoms with Gasteiger partial charge in [-0.05, 0) is 30.3 Å². The maximum absolute atomic E-state index is 12.8. The van der Waals surface area contributed by atoms with Crippen LogP contribution in [-0.2, 0) is 11.3 Å². The number of quaternary nitrogens is 1. The molecule has 1 N–H and O–H groups in total. The van der Waals surface area contributed by atoms with Crippen LogP contribution in [0.15, 0.2) is 42.5 Å². The molecule has 1 aliphatic rings. The summed E-state index contributed by atoms with van der Waals surface area (Å²) in [4.78, 5) is 18.2. The first-order chi connectivity index (χ1) is 14.5. The van der Waals surface area contributed by atoms with Gasteiger partial charge in [-0.1, -0.05) is 12.1 Å². The Kier molecular flexibility index (Phi) is 7.41. The number of methoxy groups -OCH3 is 3. The Bertz CT molecular complexity index is 850. The summed E-state index contributed by atoms with van der Waals surface area (Å²) in [6.07, 6.45) is 0. The second kappa shape index (κ2) is 10.2. The first-order valence-corrected chi connectivity index (χ1v) is 10.2. The lowest BCUT2D eigenvalue weighted by molar-refractivity contribution is -0.885. The largest absolute Gasteiger partial charge is 0.495 e. The smallest absolute Gasteiger partial charge is 0.277 e. The van der Waals surface area contributed by atoms with Gasteiger partial charge < -0.3 is 28.9 Å². The molecule has 0 spiro atoms. The van der Waals surface area contributed by atoms with Gasteiger partial charge in [-0.25, -0.2) is 0 Å². The summed E-state index contributed by atoms with van der Waals surface area (Å²) in [6, 6.07) is 13.9. The molecular formula is C23H32N3O4+. The molecule has 162 valence electrons. The quantitative estimate of drug-likeness (QED) is 0.701. The number of benzene rings is 2. The van der Waals surface area contributed by atoms with Crippen molar-refractivity contribution in [2.24, 2.45) is 0 Å². The van der Waals surface area contributed by atoms with E-state index in [-0.39, 0.29) is 5.91 Å². The van der Waals surface area contributed by atoms with E-state index in [0.29, 0.717) is 18.0 Å². The minimum Gasteiger partial charge on any atom is -0.495 e. The van der Waals surface area contributed by atoms with Crippen molar-refractivity contribution in [1.82, 2.24) is 4.90 Å². The number of para-hydroxylation sites is 2. The van der Waals surface area contributed by atoms with Crippen molar-refractivity contribution < 1.29 is 23.9 Å². The highest BCUT2D eigenvalue weighted by atomic mass is 16.5. The second-order valence-corrected chi connectivity index (χ2v) is 7.54. The lowest BCUT2D eigenvalue weighted by atomic mass is 10.2. The van der Waals surface area contributed by atoms with E-state index < -0.39 is 0 Å². The van der Waals surface area contributed by atoms with Gasteiger partial charge in [0.25, 0.3) is 5.91 Å². The molecule has 30 heavy (non-hydrogen) atoms. The van der Waals surface area contributed by atoms with Gasteiger partial charge >= 0.3 is 0 Å². The molecule has 1 heterocycles. The van der Waals surface area contributed by atoms with Crippen molar-refractivity contribution in [3.8, 4) is 17.2 Å². The van der Waals surface area contributed by atoms with E-state index in [1.165, 1.54) is 0 Å². The van der Waals surface area contributed by atoms with Crippen molar-refractivity contribution in [2.45, 2.75) is 6.54 Å². The number of hydrogen-bond acceptors (Lipinski definition) is 5. The molecule has 0 aromatic heterocycles. The van der Waals surface area contributed by atoms with E-state index in [9.17, 15) is 4.79 Å². The molecule has 1 saturated heterocycles. The molecule has 1 fully saturated rings. The number of amides is 1. The van der Waals surface area contributed by atoms with Gasteiger partial charge in [-0.15, -0.1) is 0 Å². The summed E-state index contributed by atoms with van der Waals surface area (Å²) in [5.41, 5.74) is 2.20. The molecule has 0 aliphatic carbocycles. The van der Waals surface area contributed by atoms with Gasteiger partial charge in [0.2, 0.25) is 0 Å². The van der Waals surface area contributed by atoms with Crippen LogP contribution in [0.2, 0.25) is 0 Å². The highest BCUT2D eigenvalue weighted by molar-refractivity contribution is 5.77. The SMILES string of the molecule is COc1ccc(C[NH+](C)CC(=O)N2CCN(c3ccccc3OC)CC2)cc1OC. The molecule has 2 aromatic carbocycles. The number of likely N-dealkylation sites (N-methyl/N-ethyl adjacent to an activating group) is 1. The number of piperazine rings is 1. The Labute approximate surface area is 178 Å². The number of nitrogens with one attached hydrogen (secondary N) is 1. The van der Waals surface area contributed by atoms with Crippen LogP contribution in [-0.4, -0.2) is 71.9 Å². The molecule has 1 unspecified atom stereocenters. The van der Waals surface area contributed by atoms with Gasteiger partial charge in [0.05, 0.1) is 34.1 Å². The lowest BCUT2D eigenvalue weighted by Gasteiger charge is -2.36. The Morgan fingerprint density at radius 1 is 0.900 bits per heavy atom. The van der Waals surface area contributed by atoms with Crippen molar-refractivity contribution >= 4 is 11.6 Å². The van der Waals surface area contributed by atoms with E-state index in [1.807, 2.05) is 48.3 Å². The summed E-state index contributed by atoms with van der Waals surface area (Å²) in [7, 11) is 6.99. The molecule has 1 aliphatic heterocycles. The van der Waals surface area contributed by atoms with Crippen LogP contribution >= 0.6 is 0 Å². The zero-order valence-corrected chi connectivity index (χ0v) is 18.3. The normalized spacial score (nSPS) is 14.9. The fraction of sp³-hybridized carbons (Fsp3) is 0.435. The second-order valence-electron chi connectivity index (χ2n) is 7.54. The Balaban J connectivity index is 1.52. The molecule has 1 amide bonds. The van der Waals surface area contributed by atoms with Crippen molar-refractivity contribution in [2.75, 3.05) is 66.0 Å². The molecule has 7 nitrogen and oxygen atoms in total. The molecule has 7 heteroatoms. The highest BCUT2D eigenvalue weighted by Crippen LogP contribution is 2.28. The molecule has 1 atom stereocenters. The third-order valence-corrected chi connectivity index (χ3v) is 5.47. The fourth-order valence-corrected chi connectivity index (χ4v) is 3.86. The number of carbonyl (C=O) groups is 1. The number of ether oxygens (including phenoxy) is 3. The van der Waals surface area contributed by atoms with Gasteiger partial charge in [-0.2, -0.15) is 0 Å². The summed E-state index contributed by atoms with van der Waals surface area (Å²) < 4.78 is 16.1. The lowest BCUT2D eigenvalue weighted by Crippen LogP contribution is -3.09. The number of carbonyl (C=O) groups excluding carboxylic acids is 1. The van der Waals surface area contributed by atoms with Crippen molar-refractivity contribution in [3.05, 3.63) is 48.0 Å². The highest BCUT2D eigenvalue weighted by Gasteiger charge is 2.24. The van der Waals surface area contributed by atoms with Crippen LogP contribution < -0.4 is 24.0 Å². The fourth-order valence-electron chi connectivity index (χ4n) is 3.86. The standard InChI is InChI=1S/C23H31N3O4/c1-24(16-18-9-10-21(29-3)22(15-18)30-4)17-23(27)26-13-11-25(12-14-26)19-7-5-6-8-20(19)28-2/h5-10,15H,11-14,16-17H2,1-4H3/p+1. The maximum Gasteiger partial charge on any atom is 0.277 e. The minimum atomic E-state index is 0.188. The van der Waals surface area contributed by atoms with Crippen LogP contribution in [0.1, 0.15) is 5.56 Å². The molecule has 0 radical (unpaired) electrons. The third kappa shape index (κ3) is 5.16. The van der Waals surface area contributed by atoms with Gasteiger partial charge in [0.15, 0.2) is 18.0 Å².